The van der Waals surface area contributed by atoms with E-state index in [1.54, 1.807) is 16.8 Å². The molecule has 0 amide bonds. The maximum atomic E-state index is 13.3. The van der Waals surface area contributed by atoms with Crippen LogP contribution < -0.4 is 10.5 Å². The SMILES string of the molecule is CSc1nccc(N2CC(O[Si](C)(C)C(C)(C)C)Cn3c2nc(-c2ccccc2)cc3=O)n1. The van der Waals surface area contributed by atoms with Gasteiger partial charge in [-0.15, -0.1) is 0 Å². The average Bonchev–Trinajstić information content (AvgIpc) is 2.78. The minimum absolute atomic E-state index is 0.0689. The van der Waals surface area contributed by atoms with Gasteiger partial charge in [-0.1, -0.05) is 62.9 Å². The van der Waals surface area contributed by atoms with Crippen LogP contribution in [0.2, 0.25) is 18.1 Å². The Labute approximate surface area is 200 Å². The third kappa shape index (κ3) is 4.90. The number of nitrogens with zero attached hydrogens (tertiary/aromatic N) is 5. The normalized spacial score (nSPS) is 16.5. The quantitative estimate of drug-likeness (QED) is 0.289. The molecule has 1 aliphatic heterocycles. The Bertz CT molecular complexity index is 1190. The number of benzene rings is 1. The van der Waals surface area contributed by atoms with Gasteiger partial charge in [-0.25, -0.2) is 15.0 Å². The van der Waals surface area contributed by atoms with E-state index in [9.17, 15) is 4.79 Å². The molecule has 0 fully saturated rings. The van der Waals surface area contributed by atoms with Gasteiger partial charge in [0, 0.05) is 17.8 Å². The van der Waals surface area contributed by atoms with Crippen molar-refractivity contribution >= 4 is 31.8 Å². The highest BCUT2D eigenvalue weighted by molar-refractivity contribution is 7.98. The first-order valence-electron chi connectivity index (χ1n) is 11.1. The standard InChI is InChI=1S/C24H31N5O2SSi/c1-24(2,3)33(5,6)31-18-15-28(20-12-13-25-22(27-20)32-4)23-26-19(14-21(30)29(23)16-18)17-10-8-7-9-11-17/h7-14,18H,15-16H2,1-6H3. The van der Waals surface area contributed by atoms with E-state index < -0.39 is 8.32 Å². The molecule has 1 aliphatic rings. The molecule has 0 radical (unpaired) electrons. The molecule has 0 aliphatic carbocycles. The Morgan fingerprint density at radius 3 is 2.48 bits per heavy atom. The van der Waals surface area contributed by atoms with Gasteiger partial charge in [-0.05, 0) is 30.5 Å². The molecular formula is C24H31N5O2SSi. The van der Waals surface area contributed by atoms with E-state index in [4.69, 9.17) is 14.4 Å². The summed E-state index contributed by atoms with van der Waals surface area (Å²) in [5, 5.41) is 0.743. The zero-order valence-corrected chi connectivity index (χ0v) is 21.9. The summed E-state index contributed by atoms with van der Waals surface area (Å²) in [6.45, 7) is 12.2. The summed E-state index contributed by atoms with van der Waals surface area (Å²) in [4.78, 5) is 29.2. The van der Waals surface area contributed by atoms with Gasteiger partial charge in [-0.2, -0.15) is 0 Å². The Hall–Kier alpha value is -2.49. The summed E-state index contributed by atoms with van der Waals surface area (Å²) in [7, 11) is -2.04. The zero-order valence-electron chi connectivity index (χ0n) is 20.1. The van der Waals surface area contributed by atoms with Crippen LogP contribution in [0.5, 0.6) is 0 Å². The minimum atomic E-state index is -2.04. The molecule has 4 rings (SSSR count). The van der Waals surface area contributed by atoms with Gasteiger partial charge in [0.15, 0.2) is 13.5 Å². The summed E-state index contributed by atoms with van der Waals surface area (Å²) in [5.74, 6) is 1.30. The molecule has 174 valence electrons. The third-order valence-electron chi connectivity index (χ3n) is 6.42. The van der Waals surface area contributed by atoms with E-state index in [0.29, 0.717) is 35.7 Å². The van der Waals surface area contributed by atoms with Gasteiger partial charge >= 0.3 is 0 Å². The van der Waals surface area contributed by atoms with Crippen LogP contribution in [-0.4, -0.2) is 46.7 Å². The van der Waals surface area contributed by atoms with E-state index in [-0.39, 0.29) is 16.7 Å². The molecule has 1 unspecified atom stereocenters. The molecule has 0 bridgehead atoms. The highest BCUT2D eigenvalue weighted by Gasteiger charge is 2.41. The van der Waals surface area contributed by atoms with Crippen molar-refractivity contribution in [3.05, 3.63) is 59.0 Å². The summed E-state index contributed by atoms with van der Waals surface area (Å²) < 4.78 is 8.46. The second kappa shape index (κ2) is 9.04. The van der Waals surface area contributed by atoms with Crippen LogP contribution in [0.1, 0.15) is 20.8 Å². The van der Waals surface area contributed by atoms with Gasteiger partial charge in [-0.3, -0.25) is 14.3 Å². The van der Waals surface area contributed by atoms with Crippen molar-refractivity contribution in [1.82, 2.24) is 19.5 Å². The molecular weight excluding hydrogens is 450 g/mol. The minimum Gasteiger partial charge on any atom is -0.410 e. The molecule has 33 heavy (non-hydrogen) atoms. The fraction of sp³-hybridized carbons (Fsp3) is 0.417. The van der Waals surface area contributed by atoms with Gasteiger partial charge < -0.3 is 4.43 Å². The third-order valence-corrected chi connectivity index (χ3v) is 11.5. The number of hydrogen-bond acceptors (Lipinski definition) is 7. The maximum absolute atomic E-state index is 13.3. The van der Waals surface area contributed by atoms with Crippen molar-refractivity contribution in [2.45, 2.75) is 56.7 Å². The van der Waals surface area contributed by atoms with Crippen molar-refractivity contribution in [2.75, 3.05) is 17.7 Å². The first kappa shape index (κ1) is 23.7. The second-order valence-corrected chi connectivity index (χ2v) is 15.3. The van der Waals surface area contributed by atoms with E-state index in [0.717, 1.165) is 5.56 Å². The van der Waals surface area contributed by atoms with Crippen LogP contribution in [0.3, 0.4) is 0 Å². The molecule has 1 aromatic carbocycles. The molecule has 0 saturated heterocycles. The fourth-order valence-corrected chi connectivity index (χ4v) is 5.31. The Morgan fingerprint density at radius 2 is 1.82 bits per heavy atom. The van der Waals surface area contributed by atoms with Gasteiger partial charge in [0.25, 0.3) is 5.56 Å². The number of rotatable bonds is 5. The molecule has 3 heterocycles. The first-order valence-corrected chi connectivity index (χ1v) is 15.2. The van der Waals surface area contributed by atoms with Crippen LogP contribution in [0.4, 0.5) is 11.8 Å². The predicted molar refractivity (Wildman–Crippen MR) is 137 cm³/mol. The van der Waals surface area contributed by atoms with Gasteiger partial charge in [0.1, 0.15) is 5.82 Å². The van der Waals surface area contributed by atoms with Crippen molar-refractivity contribution < 1.29 is 4.43 Å². The maximum Gasteiger partial charge on any atom is 0.255 e. The molecule has 2 aromatic heterocycles. The van der Waals surface area contributed by atoms with Crippen molar-refractivity contribution in [3.8, 4) is 11.3 Å². The highest BCUT2D eigenvalue weighted by Crippen LogP contribution is 2.39. The topological polar surface area (TPSA) is 73.1 Å². The van der Waals surface area contributed by atoms with E-state index in [2.05, 4.69) is 38.8 Å². The van der Waals surface area contributed by atoms with Crippen molar-refractivity contribution in [1.29, 1.82) is 0 Å². The molecule has 0 N–H and O–H groups in total. The molecule has 1 atom stereocenters. The molecule has 0 saturated carbocycles. The zero-order chi connectivity index (χ0) is 23.8. The first-order chi connectivity index (χ1) is 15.6. The lowest BCUT2D eigenvalue weighted by Gasteiger charge is -2.42. The average molecular weight is 482 g/mol. The number of anilines is 2. The number of fused-ring (bicyclic) bond motifs is 1. The molecule has 7 nitrogen and oxygen atoms in total. The van der Waals surface area contributed by atoms with Crippen molar-refractivity contribution in [2.24, 2.45) is 0 Å². The van der Waals surface area contributed by atoms with Crippen LogP contribution in [-0.2, 0) is 11.0 Å². The van der Waals surface area contributed by atoms with E-state index in [1.807, 2.05) is 47.6 Å². The summed E-state index contributed by atoms with van der Waals surface area (Å²) >= 11 is 1.48. The molecule has 3 aromatic rings. The van der Waals surface area contributed by atoms with Crippen molar-refractivity contribution in [3.63, 3.8) is 0 Å². The monoisotopic (exact) mass is 481 g/mol. The number of aromatic nitrogens is 4. The Kier molecular flexibility index (Phi) is 6.48. The summed E-state index contributed by atoms with van der Waals surface area (Å²) in [6.07, 6.45) is 3.55. The highest BCUT2D eigenvalue weighted by atomic mass is 32.2. The smallest absolute Gasteiger partial charge is 0.255 e. The summed E-state index contributed by atoms with van der Waals surface area (Å²) in [5.41, 5.74) is 1.47. The molecule has 0 spiro atoms. The Morgan fingerprint density at radius 1 is 1.09 bits per heavy atom. The predicted octanol–water partition coefficient (Wildman–Crippen LogP) is 4.96. The lowest BCUT2D eigenvalue weighted by molar-refractivity contribution is 0.157. The summed E-state index contributed by atoms with van der Waals surface area (Å²) in [6, 6.07) is 13.2. The number of hydrogen-bond donors (Lipinski definition) is 0. The lowest BCUT2D eigenvalue weighted by atomic mass is 10.1. The van der Waals surface area contributed by atoms with Crippen LogP contribution >= 0.6 is 11.8 Å². The second-order valence-electron chi connectivity index (χ2n) is 9.77. The lowest BCUT2D eigenvalue weighted by Crippen LogP contribution is -2.52. The molecule has 9 heteroatoms. The van der Waals surface area contributed by atoms with E-state index in [1.165, 1.54) is 11.8 Å². The number of thioether (sulfide) groups is 1. The largest absolute Gasteiger partial charge is 0.410 e. The van der Waals surface area contributed by atoms with Crippen LogP contribution in [0, 0.1) is 0 Å². The van der Waals surface area contributed by atoms with Gasteiger partial charge in [0.2, 0.25) is 5.95 Å². The van der Waals surface area contributed by atoms with Crippen LogP contribution in [0.25, 0.3) is 11.3 Å². The Balaban J connectivity index is 1.81. The van der Waals surface area contributed by atoms with E-state index >= 15 is 0 Å². The fourth-order valence-electron chi connectivity index (χ4n) is 3.62. The van der Waals surface area contributed by atoms with Gasteiger partial charge in [0.05, 0.1) is 24.9 Å². The van der Waals surface area contributed by atoms with Crippen LogP contribution in [0.15, 0.2) is 58.6 Å².